The molecule has 1 nitrogen and oxygen atoms in total. The first-order valence-corrected chi connectivity index (χ1v) is 4.39. The fraction of sp³-hybridized carbons (Fsp3) is 0.182. The molecule has 0 fully saturated rings. The Morgan fingerprint density at radius 2 is 1.35 bits per heavy atom. The van der Waals surface area contributed by atoms with Crippen LogP contribution < -0.4 is 0 Å². The number of halogens is 5. The smallest absolute Gasteiger partial charge is 0.200 e. The Morgan fingerprint density at radius 1 is 0.941 bits per heavy atom. The fourth-order valence-corrected chi connectivity index (χ4v) is 1.16. The lowest BCUT2D eigenvalue weighted by Crippen LogP contribution is -2.12. The van der Waals surface area contributed by atoms with Crippen LogP contribution in [0.2, 0.25) is 0 Å². The molecular formula is C11H5F5O. The summed E-state index contributed by atoms with van der Waals surface area (Å²) in [5, 5.41) is 0. The first-order chi connectivity index (χ1) is 7.91. The number of ketones is 1. The van der Waals surface area contributed by atoms with Crippen LogP contribution in [0, 0.1) is 41.4 Å². The normalized spacial score (nSPS) is 10.1. The molecule has 0 radical (unpaired) electrons. The van der Waals surface area contributed by atoms with Crippen molar-refractivity contribution in [3.8, 4) is 12.3 Å². The number of terminal acetylenes is 1. The van der Waals surface area contributed by atoms with E-state index in [0.29, 0.717) is 0 Å². The Balaban J connectivity index is 3.35. The summed E-state index contributed by atoms with van der Waals surface area (Å²) in [5.74, 6) is -10.1. The van der Waals surface area contributed by atoms with Crippen LogP contribution in [0.5, 0.6) is 0 Å². The van der Waals surface area contributed by atoms with E-state index in [-0.39, 0.29) is 6.42 Å². The maximum Gasteiger partial charge on any atom is 0.200 e. The highest BCUT2D eigenvalue weighted by Crippen LogP contribution is 2.24. The highest BCUT2D eigenvalue weighted by molar-refractivity contribution is 5.96. The highest BCUT2D eigenvalue weighted by Gasteiger charge is 2.28. The Bertz CT molecular complexity index is 487. The van der Waals surface area contributed by atoms with Crippen LogP contribution in [0.25, 0.3) is 0 Å². The van der Waals surface area contributed by atoms with Gasteiger partial charge in [-0.25, -0.2) is 22.0 Å². The van der Waals surface area contributed by atoms with Crippen molar-refractivity contribution in [3.05, 3.63) is 34.6 Å². The number of carbonyl (C=O) groups excluding carboxylic acids is 1. The summed E-state index contributed by atoms with van der Waals surface area (Å²) in [6.45, 7) is 0. The molecule has 0 bridgehead atoms. The minimum Gasteiger partial charge on any atom is -0.294 e. The van der Waals surface area contributed by atoms with Crippen LogP contribution >= 0.6 is 0 Å². The van der Waals surface area contributed by atoms with E-state index >= 15 is 0 Å². The van der Waals surface area contributed by atoms with Gasteiger partial charge in [0.15, 0.2) is 29.1 Å². The zero-order valence-electron chi connectivity index (χ0n) is 8.29. The van der Waals surface area contributed by atoms with E-state index in [1.54, 1.807) is 0 Å². The molecule has 1 rings (SSSR count). The molecule has 0 atom stereocenters. The van der Waals surface area contributed by atoms with Crippen LogP contribution in [0.3, 0.4) is 0 Å². The van der Waals surface area contributed by atoms with Crippen molar-refractivity contribution >= 4 is 5.78 Å². The van der Waals surface area contributed by atoms with E-state index in [1.807, 2.05) is 5.92 Å². The molecule has 1 aromatic rings. The summed E-state index contributed by atoms with van der Waals surface area (Å²) in [7, 11) is 0. The van der Waals surface area contributed by atoms with Crippen LogP contribution in [0.4, 0.5) is 22.0 Å². The Labute approximate surface area is 93.2 Å². The van der Waals surface area contributed by atoms with E-state index in [4.69, 9.17) is 6.42 Å². The molecule has 0 amide bonds. The van der Waals surface area contributed by atoms with Crippen molar-refractivity contribution in [1.29, 1.82) is 0 Å². The third-order valence-electron chi connectivity index (χ3n) is 1.99. The second-order valence-electron chi connectivity index (χ2n) is 3.07. The first kappa shape index (κ1) is 13.2. The topological polar surface area (TPSA) is 17.1 Å². The monoisotopic (exact) mass is 248 g/mol. The molecule has 0 aromatic heterocycles. The third-order valence-corrected chi connectivity index (χ3v) is 1.99. The highest BCUT2D eigenvalue weighted by atomic mass is 19.2. The summed E-state index contributed by atoms with van der Waals surface area (Å²) in [4.78, 5) is 11.2. The maximum absolute atomic E-state index is 13.1. The van der Waals surface area contributed by atoms with Gasteiger partial charge in [-0.05, 0) is 0 Å². The van der Waals surface area contributed by atoms with Gasteiger partial charge in [0, 0.05) is 12.8 Å². The van der Waals surface area contributed by atoms with Gasteiger partial charge < -0.3 is 0 Å². The van der Waals surface area contributed by atoms with Crippen LogP contribution in [0.15, 0.2) is 0 Å². The summed E-state index contributed by atoms with van der Waals surface area (Å²) in [6, 6.07) is 0. The lowest BCUT2D eigenvalue weighted by Gasteiger charge is -2.06. The number of hydrogen-bond acceptors (Lipinski definition) is 1. The third kappa shape index (κ3) is 2.28. The van der Waals surface area contributed by atoms with Crippen molar-refractivity contribution in [2.24, 2.45) is 0 Å². The SMILES string of the molecule is C#CCCC(=O)c1c(F)c(F)c(F)c(F)c1F. The summed E-state index contributed by atoms with van der Waals surface area (Å²) < 4.78 is 64.3. The van der Waals surface area contributed by atoms with Gasteiger partial charge in [-0.3, -0.25) is 4.79 Å². The van der Waals surface area contributed by atoms with Crippen molar-refractivity contribution in [2.45, 2.75) is 12.8 Å². The van der Waals surface area contributed by atoms with Crippen molar-refractivity contribution in [2.75, 3.05) is 0 Å². The van der Waals surface area contributed by atoms with Gasteiger partial charge in [-0.15, -0.1) is 12.3 Å². The molecule has 0 saturated carbocycles. The fourth-order valence-electron chi connectivity index (χ4n) is 1.16. The lowest BCUT2D eigenvalue weighted by atomic mass is 10.0. The van der Waals surface area contributed by atoms with E-state index in [0.717, 1.165) is 0 Å². The van der Waals surface area contributed by atoms with Crippen LogP contribution in [-0.4, -0.2) is 5.78 Å². The van der Waals surface area contributed by atoms with E-state index < -0.39 is 46.9 Å². The average Bonchev–Trinajstić information content (AvgIpc) is 2.31. The molecule has 0 unspecified atom stereocenters. The average molecular weight is 248 g/mol. The zero-order valence-corrected chi connectivity index (χ0v) is 8.29. The molecule has 0 aliphatic rings. The number of carbonyl (C=O) groups is 1. The molecular weight excluding hydrogens is 243 g/mol. The van der Waals surface area contributed by atoms with Gasteiger partial charge in [0.1, 0.15) is 0 Å². The summed E-state index contributed by atoms with van der Waals surface area (Å²) in [6.07, 6.45) is 4.17. The summed E-state index contributed by atoms with van der Waals surface area (Å²) >= 11 is 0. The minimum atomic E-state index is -2.30. The Kier molecular flexibility index (Phi) is 3.84. The summed E-state index contributed by atoms with van der Waals surface area (Å²) in [5.41, 5.74) is -1.45. The molecule has 6 heteroatoms. The molecule has 0 N–H and O–H groups in total. The molecule has 17 heavy (non-hydrogen) atoms. The van der Waals surface area contributed by atoms with E-state index in [9.17, 15) is 26.7 Å². The molecule has 90 valence electrons. The lowest BCUT2D eigenvalue weighted by molar-refractivity contribution is 0.0973. The van der Waals surface area contributed by atoms with Gasteiger partial charge in [0.2, 0.25) is 5.82 Å². The van der Waals surface area contributed by atoms with Crippen molar-refractivity contribution in [1.82, 2.24) is 0 Å². The minimum absolute atomic E-state index is 0.154. The number of hydrogen-bond donors (Lipinski definition) is 0. The van der Waals surface area contributed by atoms with Crippen LogP contribution in [-0.2, 0) is 0 Å². The molecule has 0 heterocycles. The molecule has 0 aliphatic heterocycles. The van der Waals surface area contributed by atoms with Gasteiger partial charge in [0.05, 0.1) is 5.56 Å². The van der Waals surface area contributed by atoms with Crippen molar-refractivity contribution < 1.29 is 26.7 Å². The molecule has 1 aromatic carbocycles. The maximum atomic E-state index is 13.1. The molecule has 0 saturated heterocycles. The van der Waals surface area contributed by atoms with E-state index in [2.05, 4.69) is 0 Å². The quantitative estimate of drug-likeness (QED) is 0.264. The van der Waals surface area contributed by atoms with Gasteiger partial charge in [0.25, 0.3) is 0 Å². The predicted octanol–water partition coefficient (Wildman–Crippen LogP) is 2.98. The largest absolute Gasteiger partial charge is 0.294 e. The van der Waals surface area contributed by atoms with Crippen molar-refractivity contribution in [3.63, 3.8) is 0 Å². The molecule has 0 aliphatic carbocycles. The van der Waals surface area contributed by atoms with Gasteiger partial charge in [-0.2, -0.15) is 0 Å². The second-order valence-corrected chi connectivity index (χ2v) is 3.07. The first-order valence-electron chi connectivity index (χ1n) is 4.39. The Morgan fingerprint density at radius 3 is 1.76 bits per heavy atom. The standard InChI is InChI=1S/C11H5F5O/c1-2-3-4-5(17)6-7(12)9(14)11(16)10(15)8(6)13/h1H,3-4H2. The predicted molar refractivity (Wildman–Crippen MR) is 48.6 cm³/mol. The number of rotatable bonds is 3. The Hall–Kier alpha value is -1.90. The van der Waals surface area contributed by atoms with Crippen LogP contribution in [0.1, 0.15) is 23.2 Å². The number of Topliss-reactive ketones (excluding diaryl/α,β-unsaturated/α-hetero) is 1. The number of benzene rings is 1. The molecule has 0 spiro atoms. The van der Waals surface area contributed by atoms with Gasteiger partial charge >= 0.3 is 0 Å². The van der Waals surface area contributed by atoms with Gasteiger partial charge in [-0.1, -0.05) is 0 Å². The second kappa shape index (κ2) is 4.95. The van der Waals surface area contributed by atoms with E-state index in [1.165, 1.54) is 0 Å². The zero-order chi connectivity index (χ0) is 13.2.